The molecule has 0 aromatic carbocycles. The molecule has 1 aliphatic carbocycles. The van der Waals surface area contributed by atoms with Crippen molar-refractivity contribution in [2.24, 2.45) is 5.92 Å². The first kappa shape index (κ1) is 11.4. The standard InChI is InChI=1S/C11H14BrN3O/c1-15(10-9(12)3-2-6-13-10)11(16)14-7-8-4-5-8/h2-3,6,8H,4-5,7H2,1H3,(H,14,16). The molecule has 0 saturated heterocycles. The maximum absolute atomic E-state index is 11.8. The van der Waals surface area contributed by atoms with Crippen LogP contribution in [0.2, 0.25) is 0 Å². The molecule has 2 rings (SSSR count). The van der Waals surface area contributed by atoms with Crippen LogP contribution in [0.5, 0.6) is 0 Å². The second-order valence-electron chi connectivity index (χ2n) is 4.00. The number of nitrogens with zero attached hydrogens (tertiary/aromatic N) is 2. The third kappa shape index (κ3) is 2.72. The summed E-state index contributed by atoms with van der Waals surface area (Å²) in [5.41, 5.74) is 0. The van der Waals surface area contributed by atoms with Crippen molar-refractivity contribution in [3.05, 3.63) is 22.8 Å². The van der Waals surface area contributed by atoms with Crippen LogP contribution in [0.3, 0.4) is 0 Å². The quantitative estimate of drug-likeness (QED) is 0.926. The van der Waals surface area contributed by atoms with Crippen molar-refractivity contribution < 1.29 is 4.79 Å². The Morgan fingerprint density at radius 1 is 1.69 bits per heavy atom. The fourth-order valence-corrected chi connectivity index (χ4v) is 1.91. The normalized spacial score (nSPS) is 14.6. The monoisotopic (exact) mass is 283 g/mol. The van der Waals surface area contributed by atoms with Crippen LogP contribution in [-0.2, 0) is 0 Å². The number of rotatable bonds is 3. The molecule has 1 saturated carbocycles. The number of pyridine rings is 1. The van der Waals surface area contributed by atoms with Gasteiger partial charge >= 0.3 is 6.03 Å². The number of halogens is 1. The van der Waals surface area contributed by atoms with E-state index in [1.54, 1.807) is 13.2 Å². The topological polar surface area (TPSA) is 45.2 Å². The van der Waals surface area contributed by atoms with E-state index in [0.717, 1.165) is 11.0 Å². The van der Waals surface area contributed by atoms with Crippen LogP contribution in [0.25, 0.3) is 0 Å². The van der Waals surface area contributed by atoms with E-state index in [1.807, 2.05) is 12.1 Å². The van der Waals surface area contributed by atoms with Crippen molar-refractivity contribution in [3.8, 4) is 0 Å². The lowest BCUT2D eigenvalue weighted by Gasteiger charge is -2.17. The summed E-state index contributed by atoms with van der Waals surface area (Å²) in [5.74, 6) is 1.32. The molecule has 1 heterocycles. The minimum atomic E-state index is -0.105. The Hall–Kier alpha value is -1.10. The number of hydrogen-bond donors (Lipinski definition) is 1. The number of hydrogen-bond acceptors (Lipinski definition) is 2. The minimum absolute atomic E-state index is 0.105. The van der Waals surface area contributed by atoms with Crippen molar-refractivity contribution in [2.75, 3.05) is 18.5 Å². The molecule has 2 amide bonds. The zero-order valence-corrected chi connectivity index (χ0v) is 10.7. The van der Waals surface area contributed by atoms with Gasteiger partial charge in [-0.2, -0.15) is 0 Å². The molecule has 0 radical (unpaired) electrons. The SMILES string of the molecule is CN(C(=O)NCC1CC1)c1ncccc1Br. The largest absolute Gasteiger partial charge is 0.337 e. The van der Waals surface area contributed by atoms with E-state index >= 15 is 0 Å². The van der Waals surface area contributed by atoms with Gasteiger partial charge in [-0.3, -0.25) is 4.90 Å². The highest BCUT2D eigenvalue weighted by Gasteiger charge is 2.23. The van der Waals surface area contributed by atoms with Crippen LogP contribution in [0, 0.1) is 5.92 Å². The zero-order valence-electron chi connectivity index (χ0n) is 9.11. The van der Waals surface area contributed by atoms with E-state index in [-0.39, 0.29) is 6.03 Å². The van der Waals surface area contributed by atoms with Gasteiger partial charge in [0, 0.05) is 19.8 Å². The van der Waals surface area contributed by atoms with E-state index < -0.39 is 0 Å². The van der Waals surface area contributed by atoms with E-state index in [4.69, 9.17) is 0 Å². The van der Waals surface area contributed by atoms with Crippen LogP contribution < -0.4 is 10.2 Å². The first-order chi connectivity index (χ1) is 7.68. The van der Waals surface area contributed by atoms with E-state index in [1.165, 1.54) is 17.7 Å². The molecule has 0 atom stereocenters. The second-order valence-corrected chi connectivity index (χ2v) is 4.85. The van der Waals surface area contributed by atoms with Crippen molar-refractivity contribution in [2.45, 2.75) is 12.8 Å². The fraction of sp³-hybridized carbons (Fsp3) is 0.455. The Labute approximate surface area is 103 Å². The summed E-state index contributed by atoms with van der Waals surface area (Å²) in [6, 6.07) is 3.59. The molecule has 1 fully saturated rings. The zero-order chi connectivity index (χ0) is 11.5. The van der Waals surface area contributed by atoms with Gasteiger partial charge in [-0.25, -0.2) is 9.78 Å². The lowest BCUT2D eigenvalue weighted by atomic mass is 10.4. The van der Waals surface area contributed by atoms with Crippen molar-refractivity contribution >= 4 is 27.8 Å². The van der Waals surface area contributed by atoms with Crippen molar-refractivity contribution in [3.63, 3.8) is 0 Å². The maximum atomic E-state index is 11.8. The smallest absolute Gasteiger partial charge is 0.322 e. The molecule has 0 aliphatic heterocycles. The summed E-state index contributed by atoms with van der Waals surface area (Å²) < 4.78 is 0.819. The first-order valence-electron chi connectivity index (χ1n) is 5.30. The number of anilines is 1. The highest BCUT2D eigenvalue weighted by atomic mass is 79.9. The first-order valence-corrected chi connectivity index (χ1v) is 6.10. The Balaban J connectivity index is 1.97. The molecule has 4 nitrogen and oxygen atoms in total. The van der Waals surface area contributed by atoms with Gasteiger partial charge in [-0.1, -0.05) is 0 Å². The third-order valence-electron chi connectivity index (χ3n) is 2.60. The molecule has 1 N–H and O–H groups in total. The van der Waals surface area contributed by atoms with Crippen LogP contribution in [-0.4, -0.2) is 24.6 Å². The van der Waals surface area contributed by atoms with Gasteiger partial charge in [0.15, 0.2) is 5.82 Å². The van der Waals surface area contributed by atoms with Crippen LogP contribution in [0.4, 0.5) is 10.6 Å². The Morgan fingerprint density at radius 3 is 3.06 bits per heavy atom. The van der Waals surface area contributed by atoms with Crippen LogP contribution >= 0.6 is 15.9 Å². The van der Waals surface area contributed by atoms with Gasteiger partial charge in [-0.15, -0.1) is 0 Å². The van der Waals surface area contributed by atoms with Crippen LogP contribution in [0.1, 0.15) is 12.8 Å². The van der Waals surface area contributed by atoms with Gasteiger partial charge in [0.25, 0.3) is 0 Å². The number of aromatic nitrogens is 1. The summed E-state index contributed by atoms with van der Waals surface area (Å²) >= 11 is 3.37. The molecule has 0 bridgehead atoms. The highest BCUT2D eigenvalue weighted by Crippen LogP contribution is 2.28. The average Bonchev–Trinajstić information content (AvgIpc) is 3.09. The summed E-state index contributed by atoms with van der Waals surface area (Å²) in [6.45, 7) is 0.771. The van der Waals surface area contributed by atoms with Gasteiger partial charge in [-0.05, 0) is 46.8 Å². The van der Waals surface area contributed by atoms with Crippen molar-refractivity contribution in [1.82, 2.24) is 10.3 Å². The average molecular weight is 284 g/mol. The Morgan fingerprint density at radius 2 is 2.44 bits per heavy atom. The maximum Gasteiger partial charge on any atom is 0.322 e. The Kier molecular flexibility index (Phi) is 3.43. The molecule has 0 unspecified atom stereocenters. The lowest BCUT2D eigenvalue weighted by Crippen LogP contribution is -2.38. The molecular weight excluding hydrogens is 270 g/mol. The second kappa shape index (κ2) is 4.82. The van der Waals surface area contributed by atoms with Crippen molar-refractivity contribution in [1.29, 1.82) is 0 Å². The van der Waals surface area contributed by atoms with Gasteiger partial charge in [0.2, 0.25) is 0 Å². The number of carbonyl (C=O) groups is 1. The molecule has 1 aromatic heterocycles. The molecule has 5 heteroatoms. The number of nitrogens with one attached hydrogen (secondary N) is 1. The molecule has 0 spiro atoms. The molecular formula is C11H14BrN3O. The Bertz CT molecular complexity index is 393. The number of carbonyl (C=O) groups excluding carboxylic acids is 1. The summed E-state index contributed by atoms with van der Waals surface area (Å²) in [4.78, 5) is 17.5. The predicted molar refractivity (Wildman–Crippen MR) is 66.5 cm³/mol. The molecule has 16 heavy (non-hydrogen) atoms. The molecule has 1 aliphatic rings. The van der Waals surface area contributed by atoms with Crippen LogP contribution in [0.15, 0.2) is 22.8 Å². The van der Waals surface area contributed by atoms with Gasteiger partial charge in [0.05, 0.1) is 4.47 Å². The lowest BCUT2D eigenvalue weighted by molar-refractivity contribution is 0.247. The number of urea groups is 1. The fourth-order valence-electron chi connectivity index (χ4n) is 1.39. The predicted octanol–water partition coefficient (Wildman–Crippen LogP) is 2.40. The minimum Gasteiger partial charge on any atom is -0.337 e. The van der Waals surface area contributed by atoms with Gasteiger partial charge in [0.1, 0.15) is 0 Å². The highest BCUT2D eigenvalue weighted by molar-refractivity contribution is 9.10. The van der Waals surface area contributed by atoms with E-state index in [9.17, 15) is 4.79 Å². The third-order valence-corrected chi connectivity index (χ3v) is 3.22. The summed E-state index contributed by atoms with van der Waals surface area (Å²) in [5, 5.41) is 2.90. The number of amides is 2. The summed E-state index contributed by atoms with van der Waals surface area (Å²) in [6.07, 6.45) is 4.14. The van der Waals surface area contributed by atoms with Gasteiger partial charge < -0.3 is 5.32 Å². The molecule has 86 valence electrons. The molecule has 1 aromatic rings. The van der Waals surface area contributed by atoms with E-state index in [0.29, 0.717) is 11.7 Å². The van der Waals surface area contributed by atoms with E-state index in [2.05, 4.69) is 26.2 Å². The summed E-state index contributed by atoms with van der Waals surface area (Å²) in [7, 11) is 1.72.